The molecule has 146 valence electrons. The summed E-state index contributed by atoms with van der Waals surface area (Å²) < 4.78 is 0. The SMILES string of the molecule is NC(=O)C1=C(O)C(N)C2CC3Sc4cccc(O)c4C(=O)C3=C(O)C2(O)C1=O. The number of ketones is 2. The molecule has 28 heavy (non-hydrogen) atoms. The number of amides is 1. The first-order valence-electron chi connectivity index (χ1n) is 8.33. The molecule has 3 aliphatic rings. The van der Waals surface area contributed by atoms with Crippen molar-refractivity contribution in [2.75, 3.05) is 0 Å². The molecule has 9 nitrogen and oxygen atoms in total. The molecule has 0 aromatic heterocycles. The lowest BCUT2D eigenvalue weighted by molar-refractivity contribution is -0.144. The van der Waals surface area contributed by atoms with E-state index in [0.29, 0.717) is 4.90 Å². The van der Waals surface area contributed by atoms with E-state index in [9.17, 15) is 34.8 Å². The third kappa shape index (κ3) is 2.13. The first kappa shape index (κ1) is 18.5. The Hall–Kier alpha value is -2.82. The number of rotatable bonds is 1. The van der Waals surface area contributed by atoms with E-state index in [-0.39, 0.29) is 23.3 Å². The second-order valence-corrected chi connectivity index (χ2v) is 8.18. The van der Waals surface area contributed by atoms with E-state index in [1.54, 1.807) is 12.1 Å². The average Bonchev–Trinajstić information content (AvgIpc) is 2.62. The van der Waals surface area contributed by atoms with E-state index in [2.05, 4.69) is 0 Å². The van der Waals surface area contributed by atoms with Crippen LogP contribution in [0.3, 0.4) is 0 Å². The van der Waals surface area contributed by atoms with Gasteiger partial charge in [-0.1, -0.05) is 6.07 Å². The van der Waals surface area contributed by atoms with Crippen LogP contribution in [0.2, 0.25) is 0 Å². The van der Waals surface area contributed by atoms with Gasteiger partial charge >= 0.3 is 0 Å². The number of aromatic hydroxyl groups is 1. The van der Waals surface area contributed by atoms with Gasteiger partial charge in [-0.2, -0.15) is 0 Å². The van der Waals surface area contributed by atoms with Crippen molar-refractivity contribution in [2.24, 2.45) is 17.4 Å². The lowest BCUT2D eigenvalue weighted by Crippen LogP contribution is -2.63. The van der Waals surface area contributed by atoms with Crippen LogP contribution in [0.5, 0.6) is 5.75 Å². The maximum Gasteiger partial charge on any atom is 0.255 e. The van der Waals surface area contributed by atoms with E-state index in [1.807, 2.05) is 0 Å². The largest absolute Gasteiger partial charge is 0.510 e. The van der Waals surface area contributed by atoms with Crippen molar-refractivity contribution in [1.29, 1.82) is 0 Å². The molecule has 1 amide bonds. The quantitative estimate of drug-likeness (QED) is 0.345. The van der Waals surface area contributed by atoms with Crippen LogP contribution in [0.25, 0.3) is 0 Å². The molecule has 1 aromatic rings. The molecule has 4 atom stereocenters. The van der Waals surface area contributed by atoms with Crippen LogP contribution in [0.1, 0.15) is 16.8 Å². The molecule has 0 bridgehead atoms. The minimum atomic E-state index is -2.68. The molecule has 4 rings (SSSR count). The normalized spacial score (nSPS) is 32.0. The van der Waals surface area contributed by atoms with Crippen molar-refractivity contribution in [3.05, 3.63) is 46.4 Å². The van der Waals surface area contributed by atoms with E-state index >= 15 is 0 Å². The fraction of sp³-hybridized carbons (Fsp3) is 0.278. The van der Waals surface area contributed by atoms with Crippen molar-refractivity contribution in [3.63, 3.8) is 0 Å². The number of aliphatic hydroxyl groups is 3. The summed E-state index contributed by atoms with van der Waals surface area (Å²) in [6, 6.07) is 3.14. The molecule has 0 radical (unpaired) electrons. The highest BCUT2D eigenvalue weighted by molar-refractivity contribution is 8.00. The van der Waals surface area contributed by atoms with Gasteiger partial charge in [-0.05, 0) is 18.6 Å². The number of Topliss-reactive ketones (excluding diaryl/α,β-unsaturated/α-hetero) is 2. The predicted octanol–water partition coefficient (Wildman–Crippen LogP) is -0.180. The summed E-state index contributed by atoms with van der Waals surface area (Å²) in [4.78, 5) is 37.9. The predicted molar refractivity (Wildman–Crippen MR) is 96.6 cm³/mol. The first-order chi connectivity index (χ1) is 13.1. The van der Waals surface area contributed by atoms with E-state index in [4.69, 9.17) is 11.5 Å². The molecule has 0 saturated heterocycles. The average molecular weight is 404 g/mol. The number of phenolic OH excluding ortho intramolecular Hbond substituents is 1. The van der Waals surface area contributed by atoms with Gasteiger partial charge in [-0.3, -0.25) is 14.4 Å². The maximum atomic E-state index is 13.0. The van der Waals surface area contributed by atoms with E-state index < -0.39 is 57.4 Å². The molecule has 0 saturated carbocycles. The van der Waals surface area contributed by atoms with Crippen molar-refractivity contribution in [1.82, 2.24) is 0 Å². The Morgan fingerprint density at radius 3 is 2.54 bits per heavy atom. The summed E-state index contributed by atoms with van der Waals surface area (Å²) in [6.45, 7) is 0. The molecule has 0 spiro atoms. The number of benzene rings is 1. The summed E-state index contributed by atoms with van der Waals surface area (Å²) in [5.41, 5.74) is 7.20. The zero-order valence-corrected chi connectivity index (χ0v) is 15.1. The van der Waals surface area contributed by atoms with Crippen LogP contribution in [0.4, 0.5) is 0 Å². The highest BCUT2D eigenvalue weighted by Crippen LogP contribution is 2.53. The summed E-state index contributed by atoms with van der Waals surface area (Å²) >= 11 is 1.16. The molecule has 4 unspecified atom stereocenters. The van der Waals surface area contributed by atoms with Gasteiger partial charge in [0, 0.05) is 16.1 Å². The second-order valence-electron chi connectivity index (χ2n) is 6.94. The molecule has 1 aromatic carbocycles. The van der Waals surface area contributed by atoms with Crippen molar-refractivity contribution in [2.45, 2.75) is 28.2 Å². The number of primary amides is 1. The Labute approximate surface area is 162 Å². The minimum absolute atomic E-state index is 0.0373. The smallest absolute Gasteiger partial charge is 0.255 e. The Kier molecular flexibility index (Phi) is 3.86. The van der Waals surface area contributed by atoms with Crippen molar-refractivity contribution >= 4 is 29.2 Å². The highest BCUT2D eigenvalue weighted by Gasteiger charge is 2.62. The second kappa shape index (κ2) is 5.84. The highest BCUT2D eigenvalue weighted by atomic mass is 32.2. The summed E-state index contributed by atoms with van der Waals surface area (Å²) in [6.07, 6.45) is -0.0373. The number of carbonyl (C=O) groups is 3. The standard InChI is InChI=1S/C18H16N2O7S/c19-12-5-4-8-10(13(22)9-6(21)2-1-3-7(9)28-8)15(24)18(5,27)16(25)11(14(12)23)17(20)26/h1-3,5,8,12,21,23-24,27H,4,19H2,(H2,20,26). The zero-order chi connectivity index (χ0) is 20.5. The number of hydrogen-bond donors (Lipinski definition) is 6. The molecule has 10 heteroatoms. The van der Waals surface area contributed by atoms with Gasteiger partial charge in [-0.15, -0.1) is 11.8 Å². The molecule has 1 aliphatic heterocycles. The number of fused-ring (bicyclic) bond motifs is 3. The number of phenols is 1. The third-order valence-electron chi connectivity index (χ3n) is 5.51. The van der Waals surface area contributed by atoms with Crippen molar-refractivity contribution in [3.8, 4) is 5.75 Å². The number of nitrogens with two attached hydrogens (primary N) is 2. The number of carbonyl (C=O) groups excluding carboxylic acids is 3. The summed E-state index contributed by atoms with van der Waals surface area (Å²) in [5, 5.41) is 41.5. The third-order valence-corrected chi connectivity index (χ3v) is 6.82. The van der Waals surface area contributed by atoms with Crippen LogP contribution >= 0.6 is 11.8 Å². The van der Waals surface area contributed by atoms with Crippen LogP contribution in [-0.4, -0.2) is 54.8 Å². The molecule has 1 heterocycles. The molecule has 0 fully saturated rings. The molecular weight excluding hydrogens is 388 g/mol. The Bertz CT molecular complexity index is 1030. The van der Waals surface area contributed by atoms with Crippen LogP contribution < -0.4 is 11.5 Å². The topological polar surface area (TPSA) is 184 Å². The number of aliphatic hydroxyl groups excluding tert-OH is 2. The van der Waals surface area contributed by atoms with Gasteiger partial charge in [-0.25, -0.2) is 0 Å². The Morgan fingerprint density at radius 2 is 1.89 bits per heavy atom. The van der Waals surface area contributed by atoms with Gasteiger partial charge < -0.3 is 31.9 Å². The lowest BCUT2D eigenvalue weighted by Gasteiger charge is -2.47. The fourth-order valence-corrected chi connectivity index (χ4v) is 5.55. The van der Waals surface area contributed by atoms with Crippen molar-refractivity contribution < 1.29 is 34.8 Å². The van der Waals surface area contributed by atoms with Gasteiger partial charge in [0.25, 0.3) is 5.91 Å². The van der Waals surface area contributed by atoms with Gasteiger partial charge in [0.2, 0.25) is 5.78 Å². The number of thioether (sulfide) groups is 1. The fourth-order valence-electron chi connectivity index (χ4n) is 4.13. The van der Waals surface area contributed by atoms with Crippen LogP contribution in [-0.2, 0) is 9.59 Å². The van der Waals surface area contributed by atoms with E-state index in [1.165, 1.54) is 6.07 Å². The first-order valence-corrected chi connectivity index (χ1v) is 9.21. The van der Waals surface area contributed by atoms with Crippen LogP contribution in [0, 0.1) is 5.92 Å². The maximum absolute atomic E-state index is 13.0. The Balaban J connectivity index is 1.95. The van der Waals surface area contributed by atoms with Gasteiger partial charge in [0.1, 0.15) is 22.8 Å². The van der Waals surface area contributed by atoms with Crippen LogP contribution in [0.15, 0.2) is 45.8 Å². The minimum Gasteiger partial charge on any atom is -0.510 e. The zero-order valence-electron chi connectivity index (χ0n) is 14.2. The lowest BCUT2D eigenvalue weighted by atomic mass is 9.63. The Morgan fingerprint density at radius 1 is 1.21 bits per heavy atom. The van der Waals surface area contributed by atoms with E-state index in [0.717, 1.165) is 11.8 Å². The summed E-state index contributed by atoms with van der Waals surface area (Å²) in [7, 11) is 0. The molecular formula is C18H16N2O7S. The summed E-state index contributed by atoms with van der Waals surface area (Å²) in [5.74, 6) is -6.53. The molecule has 8 N–H and O–H groups in total. The number of hydrogen-bond acceptors (Lipinski definition) is 9. The van der Waals surface area contributed by atoms with Gasteiger partial charge in [0.15, 0.2) is 11.4 Å². The van der Waals surface area contributed by atoms with Gasteiger partial charge in [0.05, 0.1) is 17.2 Å². The monoisotopic (exact) mass is 404 g/mol. The molecule has 2 aliphatic carbocycles.